The largest absolute Gasteiger partial charge is 0.493 e. The first kappa shape index (κ1) is 25.8. The third-order valence-electron chi connectivity index (χ3n) is 6.03. The van der Waals surface area contributed by atoms with Gasteiger partial charge in [0.1, 0.15) is 6.04 Å². The predicted octanol–water partition coefficient (Wildman–Crippen LogP) is 4.33. The summed E-state index contributed by atoms with van der Waals surface area (Å²) in [6.45, 7) is 2.38. The number of hydrogen-bond acceptors (Lipinski definition) is 4. The quantitative estimate of drug-likeness (QED) is 0.449. The average Bonchev–Trinajstić information content (AvgIpc) is 2.89. The van der Waals surface area contributed by atoms with Crippen molar-refractivity contribution in [3.8, 4) is 11.5 Å². The zero-order valence-corrected chi connectivity index (χ0v) is 20.9. The van der Waals surface area contributed by atoms with E-state index in [9.17, 15) is 9.59 Å². The van der Waals surface area contributed by atoms with E-state index >= 15 is 0 Å². The highest BCUT2D eigenvalue weighted by molar-refractivity contribution is 5.88. The molecule has 0 spiro atoms. The summed E-state index contributed by atoms with van der Waals surface area (Å²) >= 11 is 0. The van der Waals surface area contributed by atoms with Gasteiger partial charge < -0.3 is 19.7 Å². The number of ether oxygens (including phenoxy) is 2. The summed E-state index contributed by atoms with van der Waals surface area (Å²) in [5.74, 6) is 1.01. The molecule has 0 aliphatic heterocycles. The highest BCUT2D eigenvalue weighted by Gasteiger charge is 2.29. The number of carbonyl (C=O) groups excluding carboxylic acids is 2. The third kappa shape index (κ3) is 7.09. The molecule has 0 aromatic heterocycles. The molecule has 0 bridgehead atoms. The van der Waals surface area contributed by atoms with Crippen molar-refractivity contribution in [3.05, 3.63) is 95.1 Å². The highest BCUT2D eigenvalue weighted by atomic mass is 16.5. The SMILES string of the molecule is CNC(=O)[C@H](Cc1ccccc1)N(Cc1cccc(C)c1)C(=O)CCc1ccc(OC)c(OC)c1. The van der Waals surface area contributed by atoms with Crippen LogP contribution in [0.2, 0.25) is 0 Å². The molecule has 2 amide bonds. The van der Waals surface area contributed by atoms with Crippen molar-refractivity contribution in [3.63, 3.8) is 0 Å². The van der Waals surface area contributed by atoms with Crippen LogP contribution in [0.4, 0.5) is 0 Å². The Hall–Kier alpha value is -3.80. The number of aryl methyl sites for hydroxylation is 2. The summed E-state index contributed by atoms with van der Waals surface area (Å²) < 4.78 is 10.7. The van der Waals surface area contributed by atoms with E-state index in [1.54, 1.807) is 26.2 Å². The molecular formula is C29H34N2O4. The Balaban J connectivity index is 1.87. The van der Waals surface area contributed by atoms with Crippen molar-refractivity contribution < 1.29 is 19.1 Å². The molecule has 0 aliphatic carbocycles. The summed E-state index contributed by atoms with van der Waals surface area (Å²) in [6.07, 6.45) is 1.23. The van der Waals surface area contributed by atoms with Gasteiger partial charge in [-0.15, -0.1) is 0 Å². The molecular weight excluding hydrogens is 440 g/mol. The van der Waals surface area contributed by atoms with E-state index in [1.807, 2.05) is 73.7 Å². The van der Waals surface area contributed by atoms with E-state index in [1.165, 1.54) is 0 Å². The molecule has 0 saturated carbocycles. The van der Waals surface area contributed by atoms with Crippen molar-refractivity contribution in [1.82, 2.24) is 10.2 Å². The second-order valence-corrected chi connectivity index (χ2v) is 8.52. The van der Waals surface area contributed by atoms with Gasteiger partial charge in [0, 0.05) is 26.4 Å². The van der Waals surface area contributed by atoms with Gasteiger partial charge in [0.05, 0.1) is 14.2 Å². The van der Waals surface area contributed by atoms with Crippen molar-refractivity contribution in [2.75, 3.05) is 21.3 Å². The third-order valence-corrected chi connectivity index (χ3v) is 6.03. The topological polar surface area (TPSA) is 67.9 Å². The molecule has 3 aromatic carbocycles. The number of amides is 2. The van der Waals surface area contributed by atoms with Crippen LogP contribution in [0.15, 0.2) is 72.8 Å². The van der Waals surface area contributed by atoms with Gasteiger partial charge in [-0.3, -0.25) is 9.59 Å². The molecule has 3 rings (SSSR count). The maximum Gasteiger partial charge on any atom is 0.242 e. The number of hydrogen-bond donors (Lipinski definition) is 1. The van der Waals surface area contributed by atoms with Crippen LogP contribution in [0.5, 0.6) is 11.5 Å². The predicted molar refractivity (Wildman–Crippen MR) is 138 cm³/mol. The van der Waals surface area contributed by atoms with E-state index in [0.29, 0.717) is 30.9 Å². The first-order valence-electron chi connectivity index (χ1n) is 11.8. The summed E-state index contributed by atoms with van der Waals surface area (Å²) in [5, 5.41) is 2.76. The van der Waals surface area contributed by atoms with Gasteiger partial charge in [0.25, 0.3) is 0 Å². The highest BCUT2D eigenvalue weighted by Crippen LogP contribution is 2.28. The monoisotopic (exact) mass is 474 g/mol. The first-order valence-corrected chi connectivity index (χ1v) is 11.8. The lowest BCUT2D eigenvalue weighted by atomic mass is 10.0. The summed E-state index contributed by atoms with van der Waals surface area (Å²) in [7, 11) is 4.79. The number of methoxy groups -OCH3 is 2. The van der Waals surface area contributed by atoms with Crippen LogP contribution < -0.4 is 14.8 Å². The summed E-state index contributed by atoms with van der Waals surface area (Å²) in [6, 6.07) is 22.9. The van der Waals surface area contributed by atoms with Gasteiger partial charge in [0.2, 0.25) is 11.8 Å². The minimum Gasteiger partial charge on any atom is -0.493 e. The molecule has 184 valence electrons. The molecule has 0 radical (unpaired) electrons. The Morgan fingerprint density at radius 2 is 1.57 bits per heavy atom. The van der Waals surface area contributed by atoms with Crippen molar-refractivity contribution in [2.45, 2.75) is 38.8 Å². The molecule has 35 heavy (non-hydrogen) atoms. The lowest BCUT2D eigenvalue weighted by Gasteiger charge is -2.31. The minimum atomic E-state index is -0.624. The van der Waals surface area contributed by atoms with E-state index < -0.39 is 6.04 Å². The van der Waals surface area contributed by atoms with E-state index in [4.69, 9.17) is 9.47 Å². The Labute approximate surface area is 207 Å². The normalized spacial score (nSPS) is 11.4. The number of carbonyl (C=O) groups is 2. The van der Waals surface area contributed by atoms with Gasteiger partial charge in [-0.2, -0.15) is 0 Å². The molecule has 1 N–H and O–H groups in total. The van der Waals surface area contributed by atoms with Crippen molar-refractivity contribution >= 4 is 11.8 Å². The molecule has 0 heterocycles. The minimum absolute atomic E-state index is 0.0779. The second-order valence-electron chi connectivity index (χ2n) is 8.52. The molecule has 1 atom stereocenters. The second kappa shape index (κ2) is 12.6. The standard InChI is InChI=1S/C29H34N2O4/c1-21-9-8-12-24(17-21)20-31(25(29(33)30-2)18-22-10-6-5-7-11-22)28(32)16-14-23-13-15-26(34-3)27(19-23)35-4/h5-13,15,17,19,25H,14,16,18,20H2,1-4H3,(H,30,33)/t25-/m0/s1. The van der Waals surface area contributed by atoms with Gasteiger partial charge >= 0.3 is 0 Å². The zero-order chi connectivity index (χ0) is 25.2. The fourth-order valence-electron chi connectivity index (χ4n) is 4.16. The fourth-order valence-corrected chi connectivity index (χ4v) is 4.16. The van der Waals surface area contributed by atoms with Crippen molar-refractivity contribution in [2.24, 2.45) is 0 Å². The number of benzene rings is 3. The number of nitrogens with one attached hydrogen (secondary N) is 1. The van der Waals surface area contributed by atoms with Gasteiger partial charge in [-0.25, -0.2) is 0 Å². The maximum absolute atomic E-state index is 13.6. The lowest BCUT2D eigenvalue weighted by Crippen LogP contribution is -2.49. The zero-order valence-electron chi connectivity index (χ0n) is 20.9. The van der Waals surface area contributed by atoms with Gasteiger partial charge in [-0.05, 0) is 42.2 Å². The smallest absolute Gasteiger partial charge is 0.242 e. The average molecular weight is 475 g/mol. The van der Waals surface area contributed by atoms with Crippen LogP contribution in [0.3, 0.4) is 0 Å². The van der Waals surface area contributed by atoms with Crippen LogP contribution in [0.1, 0.15) is 28.7 Å². The molecule has 3 aromatic rings. The van der Waals surface area contributed by atoms with E-state index in [0.717, 1.165) is 22.3 Å². The fraction of sp³-hybridized carbons (Fsp3) is 0.310. The lowest BCUT2D eigenvalue weighted by molar-refractivity contribution is -0.141. The molecule has 0 aliphatic rings. The first-order chi connectivity index (χ1) is 16.9. The molecule has 0 fully saturated rings. The van der Waals surface area contributed by atoms with Crippen LogP contribution >= 0.6 is 0 Å². The molecule has 6 nitrogen and oxygen atoms in total. The van der Waals surface area contributed by atoms with E-state index in [-0.39, 0.29) is 18.2 Å². The Bertz CT molecular complexity index is 1130. The molecule has 6 heteroatoms. The van der Waals surface area contributed by atoms with Crippen molar-refractivity contribution in [1.29, 1.82) is 0 Å². The number of likely N-dealkylation sites (N-methyl/N-ethyl adjacent to an activating group) is 1. The van der Waals surface area contributed by atoms with Crippen LogP contribution in [-0.4, -0.2) is 44.0 Å². The molecule has 0 unspecified atom stereocenters. The van der Waals surface area contributed by atoms with Crippen LogP contribution in [0.25, 0.3) is 0 Å². The number of nitrogens with zero attached hydrogens (tertiary/aromatic N) is 1. The summed E-state index contributed by atoms with van der Waals surface area (Å²) in [4.78, 5) is 28.3. The van der Waals surface area contributed by atoms with Gasteiger partial charge in [0.15, 0.2) is 11.5 Å². The Kier molecular flexibility index (Phi) is 9.30. The van der Waals surface area contributed by atoms with Crippen LogP contribution in [-0.2, 0) is 29.0 Å². The number of rotatable bonds is 11. The Morgan fingerprint density at radius 3 is 2.23 bits per heavy atom. The van der Waals surface area contributed by atoms with Gasteiger partial charge in [-0.1, -0.05) is 66.2 Å². The maximum atomic E-state index is 13.6. The van der Waals surface area contributed by atoms with E-state index in [2.05, 4.69) is 11.4 Å². The Morgan fingerprint density at radius 1 is 0.857 bits per heavy atom. The molecule has 0 saturated heterocycles. The van der Waals surface area contributed by atoms with Crippen LogP contribution in [0, 0.1) is 6.92 Å². The summed E-state index contributed by atoms with van der Waals surface area (Å²) in [5.41, 5.74) is 4.07.